The van der Waals surface area contributed by atoms with Gasteiger partial charge >= 0.3 is 0 Å². The standard InChI is InChI=1S/C14H21NO2/c1-10(15)14(7-8-14)12-5-4-6-13(17-3)11(12)9-16-2/h4-6,10H,7-9,15H2,1-3H3. The van der Waals surface area contributed by atoms with Gasteiger partial charge in [0.15, 0.2) is 0 Å². The normalized spacial score (nSPS) is 18.8. The van der Waals surface area contributed by atoms with Crippen LogP contribution in [0.1, 0.15) is 30.9 Å². The van der Waals surface area contributed by atoms with Gasteiger partial charge in [-0.25, -0.2) is 0 Å². The minimum absolute atomic E-state index is 0.141. The van der Waals surface area contributed by atoms with Crippen LogP contribution < -0.4 is 10.5 Å². The fourth-order valence-corrected chi connectivity index (χ4v) is 2.62. The summed E-state index contributed by atoms with van der Waals surface area (Å²) in [6, 6.07) is 6.35. The van der Waals surface area contributed by atoms with Gasteiger partial charge in [0.2, 0.25) is 0 Å². The van der Waals surface area contributed by atoms with Gasteiger partial charge in [0, 0.05) is 24.1 Å². The molecule has 1 fully saturated rings. The fourth-order valence-electron chi connectivity index (χ4n) is 2.62. The lowest BCUT2D eigenvalue weighted by molar-refractivity contribution is 0.180. The maximum atomic E-state index is 6.14. The molecule has 1 aromatic carbocycles. The summed E-state index contributed by atoms with van der Waals surface area (Å²) in [4.78, 5) is 0. The first-order chi connectivity index (χ1) is 8.15. The summed E-state index contributed by atoms with van der Waals surface area (Å²) in [7, 11) is 3.41. The predicted molar refractivity (Wildman–Crippen MR) is 68.3 cm³/mol. The molecule has 94 valence electrons. The zero-order valence-electron chi connectivity index (χ0n) is 10.8. The monoisotopic (exact) mass is 235 g/mol. The molecule has 2 N–H and O–H groups in total. The largest absolute Gasteiger partial charge is 0.496 e. The highest BCUT2D eigenvalue weighted by atomic mass is 16.5. The van der Waals surface area contributed by atoms with Crippen molar-refractivity contribution in [3.05, 3.63) is 29.3 Å². The Morgan fingerprint density at radius 2 is 2.06 bits per heavy atom. The van der Waals surface area contributed by atoms with E-state index in [4.69, 9.17) is 15.2 Å². The summed E-state index contributed by atoms with van der Waals surface area (Å²) in [6.45, 7) is 2.66. The Bertz CT molecular complexity index is 397. The van der Waals surface area contributed by atoms with Gasteiger partial charge in [0.1, 0.15) is 5.75 Å². The Kier molecular flexibility index (Phi) is 3.40. The molecule has 1 aromatic rings. The first-order valence-electron chi connectivity index (χ1n) is 6.06. The van der Waals surface area contributed by atoms with Gasteiger partial charge in [-0.05, 0) is 31.4 Å². The molecule has 0 spiro atoms. The number of ether oxygens (including phenoxy) is 2. The Hall–Kier alpha value is -1.06. The number of benzene rings is 1. The lowest BCUT2D eigenvalue weighted by atomic mass is 9.86. The molecular formula is C14H21NO2. The molecule has 0 heterocycles. The SMILES string of the molecule is COCc1c(OC)cccc1C1(C(C)N)CC1. The molecular weight excluding hydrogens is 214 g/mol. The minimum Gasteiger partial charge on any atom is -0.496 e. The molecule has 0 bridgehead atoms. The van der Waals surface area contributed by atoms with Crippen molar-refractivity contribution in [1.82, 2.24) is 0 Å². The predicted octanol–water partition coefficient (Wildman–Crippen LogP) is 2.22. The van der Waals surface area contributed by atoms with Crippen LogP contribution in [0.2, 0.25) is 0 Å². The van der Waals surface area contributed by atoms with Crippen LogP contribution in [0, 0.1) is 0 Å². The summed E-state index contributed by atoms with van der Waals surface area (Å²) in [5.74, 6) is 0.899. The number of nitrogens with two attached hydrogens (primary N) is 1. The van der Waals surface area contributed by atoms with E-state index in [1.165, 1.54) is 5.56 Å². The van der Waals surface area contributed by atoms with Gasteiger partial charge in [-0.15, -0.1) is 0 Å². The Morgan fingerprint density at radius 3 is 2.53 bits per heavy atom. The van der Waals surface area contributed by atoms with Gasteiger partial charge in [0.05, 0.1) is 13.7 Å². The molecule has 0 radical (unpaired) electrons. The van der Waals surface area contributed by atoms with E-state index in [1.807, 2.05) is 12.1 Å². The fraction of sp³-hybridized carbons (Fsp3) is 0.571. The van der Waals surface area contributed by atoms with Crippen molar-refractivity contribution >= 4 is 0 Å². The third-order valence-corrected chi connectivity index (χ3v) is 3.84. The van der Waals surface area contributed by atoms with Crippen LogP contribution in [-0.4, -0.2) is 20.3 Å². The van der Waals surface area contributed by atoms with E-state index in [0.29, 0.717) is 6.61 Å². The maximum absolute atomic E-state index is 6.14. The highest BCUT2D eigenvalue weighted by Crippen LogP contribution is 2.52. The second-order valence-electron chi connectivity index (χ2n) is 4.86. The van der Waals surface area contributed by atoms with Gasteiger partial charge < -0.3 is 15.2 Å². The van der Waals surface area contributed by atoms with Crippen LogP contribution in [0.5, 0.6) is 5.75 Å². The van der Waals surface area contributed by atoms with E-state index in [0.717, 1.165) is 24.2 Å². The van der Waals surface area contributed by atoms with Crippen LogP contribution in [0.4, 0.5) is 0 Å². The van der Waals surface area contributed by atoms with Crippen molar-refractivity contribution in [3.63, 3.8) is 0 Å². The molecule has 0 aromatic heterocycles. The number of hydrogen-bond donors (Lipinski definition) is 1. The lowest BCUT2D eigenvalue weighted by Crippen LogP contribution is -2.32. The van der Waals surface area contributed by atoms with Gasteiger partial charge in [-0.2, -0.15) is 0 Å². The van der Waals surface area contributed by atoms with Gasteiger partial charge in [0.25, 0.3) is 0 Å². The van der Waals surface area contributed by atoms with E-state index < -0.39 is 0 Å². The summed E-state index contributed by atoms with van der Waals surface area (Å²) < 4.78 is 10.7. The lowest BCUT2D eigenvalue weighted by Gasteiger charge is -2.24. The summed E-state index contributed by atoms with van der Waals surface area (Å²) in [5.41, 5.74) is 8.73. The number of rotatable bonds is 5. The molecule has 0 amide bonds. The maximum Gasteiger partial charge on any atom is 0.124 e. The van der Waals surface area contributed by atoms with Crippen molar-refractivity contribution in [2.75, 3.05) is 14.2 Å². The summed E-state index contributed by atoms with van der Waals surface area (Å²) >= 11 is 0. The minimum atomic E-state index is 0.141. The first-order valence-corrected chi connectivity index (χ1v) is 6.06. The van der Waals surface area contributed by atoms with Gasteiger partial charge in [-0.3, -0.25) is 0 Å². The molecule has 1 saturated carbocycles. The zero-order valence-corrected chi connectivity index (χ0v) is 10.8. The van der Waals surface area contributed by atoms with Crippen molar-refractivity contribution in [1.29, 1.82) is 0 Å². The van der Waals surface area contributed by atoms with Crippen LogP contribution in [0.15, 0.2) is 18.2 Å². The Balaban J connectivity index is 2.46. The first kappa shape index (κ1) is 12.4. The van der Waals surface area contributed by atoms with Crippen LogP contribution >= 0.6 is 0 Å². The molecule has 1 aliphatic carbocycles. The molecule has 2 rings (SSSR count). The van der Waals surface area contributed by atoms with Crippen molar-refractivity contribution in [2.24, 2.45) is 5.73 Å². The summed E-state index contributed by atoms with van der Waals surface area (Å²) in [5, 5.41) is 0. The molecule has 0 saturated heterocycles. The number of methoxy groups -OCH3 is 2. The van der Waals surface area contributed by atoms with Crippen molar-refractivity contribution < 1.29 is 9.47 Å². The third-order valence-electron chi connectivity index (χ3n) is 3.84. The highest BCUT2D eigenvalue weighted by molar-refractivity contribution is 5.47. The van der Waals surface area contributed by atoms with E-state index in [2.05, 4.69) is 13.0 Å². The van der Waals surface area contributed by atoms with Crippen LogP contribution in [-0.2, 0) is 16.8 Å². The molecule has 3 nitrogen and oxygen atoms in total. The second kappa shape index (κ2) is 4.67. The zero-order chi connectivity index (χ0) is 12.5. The third kappa shape index (κ3) is 2.05. The average molecular weight is 235 g/mol. The highest BCUT2D eigenvalue weighted by Gasteiger charge is 2.48. The second-order valence-corrected chi connectivity index (χ2v) is 4.86. The summed E-state index contributed by atoms with van der Waals surface area (Å²) in [6.07, 6.45) is 2.32. The topological polar surface area (TPSA) is 44.5 Å². The van der Waals surface area contributed by atoms with E-state index in [9.17, 15) is 0 Å². The van der Waals surface area contributed by atoms with Crippen LogP contribution in [0.25, 0.3) is 0 Å². The van der Waals surface area contributed by atoms with E-state index in [-0.39, 0.29) is 11.5 Å². The molecule has 0 aliphatic heterocycles. The molecule has 1 unspecified atom stereocenters. The van der Waals surface area contributed by atoms with E-state index in [1.54, 1.807) is 14.2 Å². The molecule has 1 aliphatic rings. The van der Waals surface area contributed by atoms with E-state index >= 15 is 0 Å². The Labute approximate surface area is 103 Å². The molecule has 17 heavy (non-hydrogen) atoms. The number of hydrogen-bond acceptors (Lipinski definition) is 3. The van der Waals surface area contributed by atoms with Gasteiger partial charge in [-0.1, -0.05) is 12.1 Å². The van der Waals surface area contributed by atoms with Crippen LogP contribution in [0.3, 0.4) is 0 Å². The molecule has 1 atom stereocenters. The smallest absolute Gasteiger partial charge is 0.124 e. The van der Waals surface area contributed by atoms with Crippen molar-refractivity contribution in [3.8, 4) is 5.75 Å². The Morgan fingerprint density at radius 1 is 1.35 bits per heavy atom. The van der Waals surface area contributed by atoms with Crippen molar-refractivity contribution in [2.45, 2.75) is 37.8 Å². The molecule has 3 heteroatoms. The quantitative estimate of drug-likeness (QED) is 0.851. The average Bonchev–Trinajstić information content (AvgIpc) is 3.11.